The molecule has 0 radical (unpaired) electrons. The predicted molar refractivity (Wildman–Crippen MR) is 114 cm³/mol. The molecule has 1 heterocycles. The lowest BCUT2D eigenvalue weighted by molar-refractivity contribution is 0.101. The maximum absolute atomic E-state index is 13.0. The minimum absolute atomic E-state index is 0.0919. The number of hydrogen-bond acceptors (Lipinski definition) is 2. The van der Waals surface area contributed by atoms with Crippen molar-refractivity contribution in [2.24, 2.45) is 0 Å². The molecular formula is C24H28N2O2. The highest BCUT2D eigenvalue weighted by Gasteiger charge is 2.18. The normalized spacial score (nSPS) is 10.9. The predicted octanol–water partition coefficient (Wildman–Crippen LogP) is 5.54. The van der Waals surface area contributed by atoms with E-state index in [1.54, 1.807) is 7.11 Å². The van der Waals surface area contributed by atoms with Crippen molar-refractivity contribution in [2.75, 3.05) is 12.4 Å². The summed E-state index contributed by atoms with van der Waals surface area (Å²) in [6.07, 6.45) is 0. The number of aryl methyl sites for hydroxylation is 2. The first-order chi connectivity index (χ1) is 13.4. The molecule has 0 saturated carbocycles. The van der Waals surface area contributed by atoms with E-state index in [-0.39, 0.29) is 5.91 Å². The molecule has 1 aromatic heterocycles. The highest BCUT2D eigenvalue weighted by atomic mass is 16.5. The molecule has 0 bridgehead atoms. The number of aromatic nitrogens is 1. The van der Waals surface area contributed by atoms with E-state index in [9.17, 15) is 4.79 Å². The second-order valence-electron chi connectivity index (χ2n) is 7.49. The number of amides is 1. The van der Waals surface area contributed by atoms with Crippen molar-refractivity contribution in [3.05, 3.63) is 82.7 Å². The molecule has 0 spiro atoms. The summed E-state index contributed by atoms with van der Waals surface area (Å²) in [6, 6.07) is 18.0. The zero-order valence-electron chi connectivity index (χ0n) is 17.2. The number of carbonyl (C=O) groups excluding carboxylic acids is 1. The van der Waals surface area contributed by atoms with E-state index in [1.165, 1.54) is 5.56 Å². The maximum atomic E-state index is 13.0. The van der Waals surface area contributed by atoms with E-state index in [2.05, 4.69) is 41.9 Å². The Hall–Kier alpha value is -3.01. The smallest absolute Gasteiger partial charge is 0.272 e. The van der Waals surface area contributed by atoms with Crippen molar-refractivity contribution in [3.8, 4) is 5.75 Å². The van der Waals surface area contributed by atoms with Gasteiger partial charge in [-0.25, -0.2) is 0 Å². The topological polar surface area (TPSA) is 43.3 Å². The monoisotopic (exact) mass is 376 g/mol. The molecule has 0 aliphatic carbocycles. The Morgan fingerprint density at radius 3 is 2.43 bits per heavy atom. The Morgan fingerprint density at radius 2 is 1.79 bits per heavy atom. The van der Waals surface area contributed by atoms with Crippen molar-refractivity contribution < 1.29 is 9.53 Å². The maximum Gasteiger partial charge on any atom is 0.272 e. The number of methoxy groups -OCH3 is 1. The van der Waals surface area contributed by atoms with Crippen LogP contribution in [0.3, 0.4) is 0 Å². The largest absolute Gasteiger partial charge is 0.497 e. The number of nitrogens with zero attached hydrogens (tertiary/aromatic N) is 1. The van der Waals surface area contributed by atoms with Gasteiger partial charge in [0.25, 0.3) is 5.91 Å². The molecule has 4 nitrogen and oxygen atoms in total. The lowest BCUT2D eigenvalue weighted by Crippen LogP contribution is -2.19. The van der Waals surface area contributed by atoms with Crippen LogP contribution in [0.15, 0.2) is 54.6 Å². The summed E-state index contributed by atoms with van der Waals surface area (Å²) in [5, 5.41) is 3.04. The number of anilines is 1. The van der Waals surface area contributed by atoms with Crippen LogP contribution in [0.2, 0.25) is 0 Å². The van der Waals surface area contributed by atoms with E-state index in [1.807, 2.05) is 50.2 Å². The van der Waals surface area contributed by atoms with Crippen LogP contribution < -0.4 is 10.1 Å². The molecule has 3 rings (SSSR count). The SMILES string of the molecule is COc1cccc(Cn2c(C)cc(C)c2C(=O)Nc2ccc(C(C)C)cc2)c1. The van der Waals surface area contributed by atoms with Crippen LogP contribution in [0.25, 0.3) is 0 Å². The van der Waals surface area contributed by atoms with E-state index in [0.717, 1.165) is 28.3 Å². The quantitative estimate of drug-likeness (QED) is 0.614. The standard InChI is InChI=1S/C24H28N2O2/c1-16(2)20-9-11-21(12-10-20)25-24(27)23-17(3)13-18(4)26(23)15-19-7-6-8-22(14-19)28-5/h6-14,16H,15H2,1-5H3,(H,25,27). The molecule has 4 heteroatoms. The molecule has 146 valence electrons. The van der Waals surface area contributed by atoms with Crippen molar-refractivity contribution in [3.63, 3.8) is 0 Å². The van der Waals surface area contributed by atoms with Gasteiger partial charge in [-0.2, -0.15) is 0 Å². The summed E-state index contributed by atoms with van der Waals surface area (Å²) in [7, 11) is 1.66. The second kappa shape index (κ2) is 8.34. The molecule has 1 amide bonds. The third kappa shape index (κ3) is 4.28. The Morgan fingerprint density at radius 1 is 1.07 bits per heavy atom. The molecule has 0 unspecified atom stereocenters. The number of rotatable bonds is 6. The van der Waals surface area contributed by atoms with Gasteiger partial charge in [-0.3, -0.25) is 4.79 Å². The minimum Gasteiger partial charge on any atom is -0.497 e. The second-order valence-corrected chi connectivity index (χ2v) is 7.49. The minimum atomic E-state index is -0.0919. The van der Waals surface area contributed by atoms with E-state index < -0.39 is 0 Å². The van der Waals surface area contributed by atoms with Crippen LogP contribution in [-0.4, -0.2) is 17.6 Å². The molecule has 0 saturated heterocycles. The van der Waals surface area contributed by atoms with Gasteiger partial charge in [0.15, 0.2) is 0 Å². The summed E-state index contributed by atoms with van der Waals surface area (Å²) in [4.78, 5) is 13.0. The van der Waals surface area contributed by atoms with Gasteiger partial charge < -0.3 is 14.6 Å². The van der Waals surface area contributed by atoms with Crippen LogP contribution in [0.4, 0.5) is 5.69 Å². The number of nitrogens with one attached hydrogen (secondary N) is 1. The van der Waals surface area contributed by atoms with Crippen LogP contribution >= 0.6 is 0 Å². The zero-order chi connectivity index (χ0) is 20.3. The molecule has 1 N–H and O–H groups in total. The molecule has 0 fully saturated rings. The van der Waals surface area contributed by atoms with Gasteiger partial charge in [-0.1, -0.05) is 38.1 Å². The molecule has 0 atom stereocenters. The first-order valence-corrected chi connectivity index (χ1v) is 9.60. The molecule has 28 heavy (non-hydrogen) atoms. The van der Waals surface area contributed by atoms with E-state index in [4.69, 9.17) is 4.74 Å². The summed E-state index contributed by atoms with van der Waals surface area (Å²) >= 11 is 0. The third-order valence-corrected chi connectivity index (χ3v) is 5.02. The fourth-order valence-corrected chi connectivity index (χ4v) is 3.45. The molecule has 0 aliphatic heterocycles. The number of hydrogen-bond donors (Lipinski definition) is 1. The van der Waals surface area contributed by atoms with Crippen molar-refractivity contribution in [2.45, 2.75) is 40.2 Å². The summed E-state index contributed by atoms with van der Waals surface area (Å²) in [5.41, 5.74) is 5.87. The molecule has 3 aromatic rings. The lowest BCUT2D eigenvalue weighted by Gasteiger charge is -2.14. The van der Waals surface area contributed by atoms with E-state index in [0.29, 0.717) is 18.2 Å². The average molecular weight is 377 g/mol. The van der Waals surface area contributed by atoms with E-state index >= 15 is 0 Å². The lowest BCUT2D eigenvalue weighted by atomic mass is 10.0. The zero-order valence-corrected chi connectivity index (χ0v) is 17.2. The first kappa shape index (κ1) is 19.7. The van der Waals surface area contributed by atoms with Gasteiger partial charge in [0.1, 0.15) is 11.4 Å². The highest BCUT2D eigenvalue weighted by Crippen LogP contribution is 2.22. The summed E-state index contributed by atoms with van der Waals surface area (Å²) < 4.78 is 7.38. The fourth-order valence-electron chi connectivity index (χ4n) is 3.45. The number of carbonyl (C=O) groups is 1. The molecular weight excluding hydrogens is 348 g/mol. The molecule has 0 aliphatic rings. The van der Waals surface area contributed by atoms with Crippen molar-refractivity contribution in [1.82, 2.24) is 4.57 Å². The number of ether oxygens (including phenoxy) is 1. The third-order valence-electron chi connectivity index (χ3n) is 5.02. The Kier molecular flexibility index (Phi) is 5.88. The van der Waals surface area contributed by atoms with Crippen LogP contribution in [0.5, 0.6) is 5.75 Å². The molecule has 2 aromatic carbocycles. The van der Waals surface area contributed by atoms with Gasteiger partial charge in [-0.05, 0) is 66.8 Å². The van der Waals surface area contributed by atoms with Gasteiger partial charge in [0.2, 0.25) is 0 Å². The van der Waals surface area contributed by atoms with Crippen molar-refractivity contribution in [1.29, 1.82) is 0 Å². The Bertz CT molecular complexity index is 969. The van der Waals surface area contributed by atoms with Crippen LogP contribution in [-0.2, 0) is 6.54 Å². The fraction of sp³-hybridized carbons (Fsp3) is 0.292. The number of benzene rings is 2. The first-order valence-electron chi connectivity index (χ1n) is 9.60. The summed E-state index contributed by atoms with van der Waals surface area (Å²) in [6.45, 7) is 8.94. The Labute approximate surface area is 167 Å². The Balaban J connectivity index is 1.85. The van der Waals surface area contributed by atoms with Crippen LogP contribution in [0, 0.1) is 13.8 Å². The van der Waals surface area contributed by atoms with Gasteiger partial charge >= 0.3 is 0 Å². The van der Waals surface area contributed by atoms with Gasteiger partial charge in [-0.15, -0.1) is 0 Å². The van der Waals surface area contributed by atoms with Crippen LogP contribution in [0.1, 0.15) is 52.6 Å². The summed E-state index contributed by atoms with van der Waals surface area (Å²) in [5.74, 6) is 1.19. The van der Waals surface area contributed by atoms with Gasteiger partial charge in [0, 0.05) is 17.9 Å². The highest BCUT2D eigenvalue weighted by molar-refractivity contribution is 6.04. The average Bonchev–Trinajstić information content (AvgIpc) is 2.95. The van der Waals surface area contributed by atoms with Gasteiger partial charge in [0.05, 0.1) is 7.11 Å². The van der Waals surface area contributed by atoms with Crippen molar-refractivity contribution >= 4 is 11.6 Å².